The van der Waals surface area contributed by atoms with Gasteiger partial charge in [-0.1, -0.05) is 30.3 Å². The van der Waals surface area contributed by atoms with Crippen LogP contribution in [0.25, 0.3) is 10.4 Å². The Morgan fingerprint density at radius 1 is 0.971 bits per heavy atom. The number of aryl methyl sites for hydroxylation is 1. The predicted octanol–water partition coefficient (Wildman–Crippen LogP) is 4.40. The van der Waals surface area contributed by atoms with Gasteiger partial charge in [0.2, 0.25) is 0 Å². The van der Waals surface area contributed by atoms with E-state index >= 15 is 0 Å². The lowest BCUT2D eigenvalue weighted by atomic mass is 9.89. The Kier molecular flexibility index (Phi) is 7.82. The number of benzene rings is 2. The normalized spacial score (nSPS) is 25.1. The number of halogens is 1. The second kappa shape index (κ2) is 10.6. The Bertz CT molecular complexity index is 1100. The van der Waals surface area contributed by atoms with Crippen LogP contribution in [-0.4, -0.2) is 52.4 Å². The summed E-state index contributed by atoms with van der Waals surface area (Å²) in [6.07, 6.45) is -4.70. The molecule has 1 fully saturated rings. The molecule has 182 valence electrons. The summed E-state index contributed by atoms with van der Waals surface area (Å²) in [7, 11) is 0. The molecule has 7 heteroatoms. The van der Waals surface area contributed by atoms with Crippen LogP contribution >= 0.6 is 11.3 Å². The molecule has 1 aliphatic rings. The maximum absolute atomic E-state index is 13.2. The Morgan fingerprint density at radius 2 is 1.71 bits per heavy atom. The van der Waals surface area contributed by atoms with Crippen LogP contribution in [0, 0.1) is 12.7 Å². The second-order valence-electron chi connectivity index (χ2n) is 9.08. The summed E-state index contributed by atoms with van der Waals surface area (Å²) in [5, 5.41) is 31.5. The number of rotatable bonds is 7. The molecule has 1 aromatic heterocycles. The minimum Gasteiger partial charge on any atom is -0.388 e. The summed E-state index contributed by atoms with van der Waals surface area (Å²) in [4.78, 5) is 2.23. The fraction of sp³-hybridized carbons (Fsp3) is 0.407. The molecule has 0 bridgehead atoms. The van der Waals surface area contributed by atoms with Crippen molar-refractivity contribution >= 4 is 11.3 Å². The van der Waals surface area contributed by atoms with Gasteiger partial charge in [0.05, 0.1) is 12.7 Å². The monoisotopic (exact) mass is 486 g/mol. The topological polar surface area (TPSA) is 79.2 Å². The second-order valence-corrected chi connectivity index (χ2v) is 10.3. The highest BCUT2D eigenvalue weighted by molar-refractivity contribution is 7.15. The zero-order valence-electron chi connectivity index (χ0n) is 19.5. The third-order valence-electron chi connectivity index (χ3n) is 6.16. The van der Waals surface area contributed by atoms with E-state index < -0.39 is 30.5 Å². The van der Waals surface area contributed by atoms with Crippen LogP contribution < -0.4 is 0 Å². The van der Waals surface area contributed by atoms with Crippen molar-refractivity contribution in [1.29, 1.82) is 0 Å². The average Bonchev–Trinajstić information content (AvgIpc) is 3.27. The highest BCUT2D eigenvalue weighted by Gasteiger charge is 2.44. The van der Waals surface area contributed by atoms with Crippen molar-refractivity contribution in [1.82, 2.24) is 0 Å². The average molecular weight is 487 g/mol. The molecule has 0 amide bonds. The maximum atomic E-state index is 13.2. The van der Waals surface area contributed by atoms with Gasteiger partial charge in [-0.2, -0.15) is 0 Å². The number of aliphatic hydroxyl groups is 3. The molecule has 0 spiro atoms. The molecule has 34 heavy (non-hydrogen) atoms. The SMILES string of the molecule is Cc1ccc([C@@H]2O[C@H](COC(C)C)[C@@H](O)[C@H](O)[C@H]2O)cc1Cc1ccc(-c2ccc(F)cc2)s1. The minimum absolute atomic E-state index is 0.0465. The van der Waals surface area contributed by atoms with Gasteiger partial charge in [0.25, 0.3) is 0 Å². The quantitative estimate of drug-likeness (QED) is 0.461. The van der Waals surface area contributed by atoms with Crippen LogP contribution in [0.4, 0.5) is 4.39 Å². The molecule has 3 N–H and O–H groups in total. The number of thiophene rings is 1. The van der Waals surface area contributed by atoms with Crippen molar-refractivity contribution in [3.05, 3.63) is 82.0 Å². The van der Waals surface area contributed by atoms with Crippen LogP contribution in [0.3, 0.4) is 0 Å². The molecular weight excluding hydrogens is 455 g/mol. The third kappa shape index (κ3) is 5.57. The minimum atomic E-state index is -1.33. The van der Waals surface area contributed by atoms with E-state index in [0.717, 1.165) is 32.0 Å². The lowest BCUT2D eigenvalue weighted by molar-refractivity contribution is -0.237. The summed E-state index contributed by atoms with van der Waals surface area (Å²) in [6.45, 7) is 5.93. The zero-order chi connectivity index (χ0) is 24.4. The lowest BCUT2D eigenvalue weighted by Gasteiger charge is -2.41. The highest BCUT2D eigenvalue weighted by atomic mass is 32.1. The summed E-state index contributed by atoms with van der Waals surface area (Å²) in [6, 6.07) is 16.4. The smallest absolute Gasteiger partial charge is 0.123 e. The Labute approximate surface area is 203 Å². The third-order valence-corrected chi connectivity index (χ3v) is 7.30. The van der Waals surface area contributed by atoms with Gasteiger partial charge in [0.1, 0.15) is 36.3 Å². The van der Waals surface area contributed by atoms with E-state index in [4.69, 9.17) is 9.47 Å². The van der Waals surface area contributed by atoms with E-state index in [0.29, 0.717) is 6.42 Å². The van der Waals surface area contributed by atoms with Crippen molar-refractivity contribution in [2.75, 3.05) is 6.61 Å². The van der Waals surface area contributed by atoms with Crippen LogP contribution in [0.15, 0.2) is 54.6 Å². The van der Waals surface area contributed by atoms with E-state index in [9.17, 15) is 19.7 Å². The maximum Gasteiger partial charge on any atom is 0.123 e. The number of aliphatic hydroxyl groups excluding tert-OH is 3. The summed E-state index contributed by atoms with van der Waals surface area (Å²) >= 11 is 1.66. The van der Waals surface area contributed by atoms with Crippen LogP contribution in [0.5, 0.6) is 0 Å². The fourth-order valence-electron chi connectivity index (χ4n) is 4.14. The molecule has 0 saturated carbocycles. The van der Waals surface area contributed by atoms with Crippen LogP contribution in [0.2, 0.25) is 0 Å². The summed E-state index contributed by atoms with van der Waals surface area (Å²) in [5.41, 5.74) is 3.90. The van der Waals surface area contributed by atoms with Crippen molar-refractivity contribution in [2.24, 2.45) is 0 Å². The van der Waals surface area contributed by atoms with E-state index in [2.05, 4.69) is 6.07 Å². The summed E-state index contributed by atoms with van der Waals surface area (Å²) in [5.74, 6) is -0.254. The van der Waals surface area contributed by atoms with Gasteiger partial charge < -0.3 is 24.8 Å². The van der Waals surface area contributed by atoms with Gasteiger partial charge in [0, 0.05) is 16.2 Å². The molecule has 2 heterocycles. The number of hydrogen-bond donors (Lipinski definition) is 3. The van der Waals surface area contributed by atoms with E-state index in [1.807, 2.05) is 45.0 Å². The molecule has 3 aromatic rings. The predicted molar refractivity (Wildman–Crippen MR) is 130 cm³/mol. The van der Waals surface area contributed by atoms with Gasteiger partial charge in [-0.3, -0.25) is 0 Å². The van der Waals surface area contributed by atoms with E-state index in [1.165, 1.54) is 12.1 Å². The first-order valence-electron chi connectivity index (χ1n) is 11.5. The molecule has 4 rings (SSSR count). The Balaban J connectivity index is 1.54. The lowest BCUT2D eigenvalue weighted by Crippen LogP contribution is -2.55. The Morgan fingerprint density at radius 3 is 2.41 bits per heavy atom. The van der Waals surface area contributed by atoms with Gasteiger partial charge in [-0.05, 0) is 67.3 Å². The molecule has 0 unspecified atom stereocenters. The van der Waals surface area contributed by atoms with Gasteiger partial charge >= 0.3 is 0 Å². The van der Waals surface area contributed by atoms with E-state index in [-0.39, 0.29) is 18.5 Å². The number of hydrogen-bond acceptors (Lipinski definition) is 6. The molecule has 2 aromatic carbocycles. The summed E-state index contributed by atoms with van der Waals surface area (Å²) < 4.78 is 24.9. The van der Waals surface area contributed by atoms with Crippen molar-refractivity contribution in [3.63, 3.8) is 0 Å². The standard InChI is InChI=1S/C27H31FO5S/c1-15(2)32-14-22-24(29)25(30)26(31)27(33-22)18-5-4-16(3)19(12-18)13-21-10-11-23(34-21)17-6-8-20(28)9-7-17/h4-12,15,22,24-27,29-31H,13-14H2,1-3H3/t22-,24-,25+,26-,27+/m1/s1. The highest BCUT2D eigenvalue weighted by Crippen LogP contribution is 2.35. The van der Waals surface area contributed by atoms with Crippen molar-refractivity contribution in [2.45, 2.75) is 63.8 Å². The molecule has 0 radical (unpaired) electrons. The van der Waals surface area contributed by atoms with Gasteiger partial charge in [-0.25, -0.2) is 4.39 Å². The Hall–Kier alpha value is -2.13. The molecule has 5 atom stereocenters. The van der Waals surface area contributed by atoms with Crippen molar-refractivity contribution in [3.8, 4) is 10.4 Å². The van der Waals surface area contributed by atoms with Crippen LogP contribution in [-0.2, 0) is 15.9 Å². The largest absolute Gasteiger partial charge is 0.388 e. The first kappa shape index (κ1) is 25.0. The van der Waals surface area contributed by atoms with Crippen LogP contribution in [0.1, 0.15) is 41.5 Å². The molecule has 1 saturated heterocycles. The molecule has 1 aliphatic heterocycles. The number of ether oxygens (including phenoxy) is 2. The van der Waals surface area contributed by atoms with E-state index in [1.54, 1.807) is 23.5 Å². The first-order chi connectivity index (χ1) is 16.2. The zero-order valence-corrected chi connectivity index (χ0v) is 20.3. The molecule has 5 nitrogen and oxygen atoms in total. The molecule has 0 aliphatic carbocycles. The van der Waals surface area contributed by atoms with Gasteiger partial charge in [0.15, 0.2) is 0 Å². The fourth-order valence-corrected chi connectivity index (χ4v) is 5.18. The van der Waals surface area contributed by atoms with Crippen molar-refractivity contribution < 1.29 is 29.2 Å². The first-order valence-corrected chi connectivity index (χ1v) is 12.3. The molecular formula is C27H31FO5S. The van der Waals surface area contributed by atoms with Gasteiger partial charge in [-0.15, -0.1) is 11.3 Å².